The molecule has 10 nitrogen and oxygen atoms in total. The van der Waals surface area contributed by atoms with Gasteiger partial charge < -0.3 is 9.68 Å². The smallest absolute Gasteiger partial charge is 0.330 e. The lowest BCUT2D eigenvalue weighted by molar-refractivity contribution is -0.198. The van der Waals surface area contributed by atoms with Crippen LogP contribution in [-0.2, 0) is 38.4 Å². The fraction of sp³-hybridized carbons (Fsp3) is 0.385. The van der Waals surface area contributed by atoms with Gasteiger partial charge in [0.25, 0.3) is 23.6 Å². The van der Waals surface area contributed by atoms with Crippen molar-refractivity contribution >= 4 is 35.6 Å². The minimum Gasteiger partial charge on any atom is -0.330 e. The van der Waals surface area contributed by atoms with Gasteiger partial charge in [0.05, 0.1) is 0 Å². The quantitative estimate of drug-likeness (QED) is 0.578. The molecule has 2 rings (SSSR count). The van der Waals surface area contributed by atoms with E-state index in [0.29, 0.717) is 10.1 Å². The predicted molar refractivity (Wildman–Crippen MR) is 68.1 cm³/mol. The number of rotatable bonds is 6. The number of imide groups is 2. The van der Waals surface area contributed by atoms with Crippen LogP contribution >= 0.6 is 0 Å². The molecule has 0 saturated carbocycles. The minimum absolute atomic E-state index is 0.00244. The average molecular weight is 324 g/mol. The molecule has 122 valence electrons. The van der Waals surface area contributed by atoms with Gasteiger partial charge >= 0.3 is 11.9 Å². The van der Waals surface area contributed by atoms with Crippen molar-refractivity contribution in [2.45, 2.75) is 32.1 Å². The standard InChI is InChI=1S/C13H12N2O8/c16-8-4-5-9(17)14(8)22-12(20)2-1-3-13(21)23-15-10(18)6-7-11(15)19/h4-5H,1-3,6-7H2. The van der Waals surface area contributed by atoms with Crippen LogP contribution in [0.2, 0.25) is 0 Å². The largest absolute Gasteiger partial charge is 0.333 e. The molecule has 0 radical (unpaired) electrons. The zero-order valence-corrected chi connectivity index (χ0v) is 11.9. The first kappa shape index (κ1) is 16.3. The van der Waals surface area contributed by atoms with E-state index in [1.165, 1.54) is 0 Å². The van der Waals surface area contributed by atoms with Gasteiger partial charge in [0, 0.05) is 37.8 Å². The molecule has 0 aromatic heterocycles. The number of hydrogen-bond acceptors (Lipinski definition) is 8. The molecule has 0 N–H and O–H groups in total. The second kappa shape index (κ2) is 6.81. The summed E-state index contributed by atoms with van der Waals surface area (Å²) in [7, 11) is 0. The zero-order chi connectivity index (χ0) is 17.0. The molecule has 10 heteroatoms. The fourth-order valence-corrected chi connectivity index (χ4v) is 1.81. The Hall–Kier alpha value is -3.04. The van der Waals surface area contributed by atoms with Gasteiger partial charge in [0.2, 0.25) is 0 Å². The lowest BCUT2D eigenvalue weighted by atomic mass is 10.2. The van der Waals surface area contributed by atoms with Crippen molar-refractivity contribution < 1.29 is 38.4 Å². The van der Waals surface area contributed by atoms with Gasteiger partial charge in [0.1, 0.15) is 0 Å². The maximum atomic E-state index is 11.5. The molecule has 0 aliphatic carbocycles. The Morgan fingerprint density at radius 1 is 0.826 bits per heavy atom. The van der Waals surface area contributed by atoms with Gasteiger partial charge in [-0.3, -0.25) is 19.2 Å². The maximum absolute atomic E-state index is 11.5. The summed E-state index contributed by atoms with van der Waals surface area (Å²) in [4.78, 5) is 76.9. The third-order valence-corrected chi connectivity index (χ3v) is 2.92. The number of carbonyl (C=O) groups is 6. The van der Waals surface area contributed by atoms with E-state index in [2.05, 4.69) is 9.68 Å². The molecule has 0 spiro atoms. The zero-order valence-electron chi connectivity index (χ0n) is 11.9. The Bertz CT molecular complexity index is 573. The van der Waals surface area contributed by atoms with Crippen LogP contribution in [0.5, 0.6) is 0 Å². The summed E-state index contributed by atoms with van der Waals surface area (Å²) >= 11 is 0. The second-order valence-electron chi connectivity index (χ2n) is 4.67. The Morgan fingerprint density at radius 2 is 1.26 bits per heavy atom. The molecular weight excluding hydrogens is 312 g/mol. The topological polar surface area (TPSA) is 127 Å². The van der Waals surface area contributed by atoms with Gasteiger partial charge in [-0.15, -0.1) is 5.06 Å². The number of amides is 4. The Balaban J connectivity index is 1.68. The Morgan fingerprint density at radius 3 is 1.74 bits per heavy atom. The molecule has 4 amide bonds. The van der Waals surface area contributed by atoms with Crippen molar-refractivity contribution in [1.29, 1.82) is 0 Å². The van der Waals surface area contributed by atoms with Crippen LogP contribution in [0.25, 0.3) is 0 Å². The third-order valence-electron chi connectivity index (χ3n) is 2.92. The molecule has 1 fully saturated rings. The SMILES string of the molecule is O=C(CCCC(=O)ON1C(=O)CCC1=O)ON1C(=O)C=CC1=O. The highest BCUT2D eigenvalue weighted by Crippen LogP contribution is 2.13. The van der Waals surface area contributed by atoms with Gasteiger partial charge in [0.15, 0.2) is 0 Å². The molecule has 0 atom stereocenters. The highest BCUT2D eigenvalue weighted by Gasteiger charge is 2.33. The van der Waals surface area contributed by atoms with E-state index >= 15 is 0 Å². The van der Waals surface area contributed by atoms with Crippen LogP contribution in [0.3, 0.4) is 0 Å². The van der Waals surface area contributed by atoms with E-state index in [4.69, 9.17) is 0 Å². The third kappa shape index (κ3) is 3.99. The number of nitrogens with zero attached hydrogens (tertiary/aromatic N) is 2. The Labute approximate surface area is 129 Å². The summed E-state index contributed by atoms with van der Waals surface area (Å²) in [5.41, 5.74) is 0. The second-order valence-corrected chi connectivity index (χ2v) is 4.67. The van der Waals surface area contributed by atoms with E-state index in [1.807, 2.05) is 0 Å². The van der Waals surface area contributed by atoms with Crippen molar-refractivity contribution in [1.82, 2.24) is 10.1 Å². The molecule has 0 unspecified atom stereocenters. The molecule has 1 saturated heterocycles. The van der Waals surface area contributed by atoms with E-state index in [9.17, 15) is 28.8 Å². The molecule has 23 heavy (non-hydrogen) atoms. The number of hydrogen-bond donors (Lipinski definition) is 0. The molecule has 2 aliphatic rings. The average Bonchev–Trinajstić information content (AvgIpc) is 2.97. The molecule has 2 aliphatic heterocycles. The van der Waals surface area contributed by atoms with Gasteiger partial charge in [-0.1, -0.05) is 5.06 Å². The lowest BCUT2D eigenvalue weighted by Gasteiger charge is -2.13. The summed E-state index contributed by atoms with van der Waals surface area (Å²) in [5, 5.41) is 0.718. The molecular formula is C13H12N2O8. The van der Waals surface area contributed by atoms with Crippen LogP contribution in [0, 0.1) is 0 Å². The maximum Gasteiger partial charge on any atom is 0.333 e. The number of hydroxylamine groups is 4. The highest BCUT2D eigenvalue weighted by atomic mass is 16.7. The molecule has 2 heterocycles. The van der Waals surface area contributed by atoms with Gasteiger partial charge in [-0.05, 0) is 6.42 Å². The highest BCUT2D eigenvalue weighted by molar-refractivity contribution is 6.12. The van der Waals surface area contributed by atoms with E-state index in [0.717, 1.165) is 12.2 Å². The normalized spacial score (nSPS) is 17.2. The summed E-state index contributed by atoms with van der Waals surface area (Å²) in [6, 6.07) is 0. The van der Waals surface area contributed by atoms with Crippen molar-refractivity contribution in [2.75, 3.05) is 0 Å². The minimum atomic E-state index is -0.878. The predicted octanol–water partition coefficient (Wildman–Crippen LogP) is -0.853. The van der Waals surface area contributed by atoms with Crippen molar-refractivity contribution in [3.05, 3.63) is 12.2 Å². The summed E-state index contributed by atoms with van der Waals surface area (Å²) in [5.74, 6) is -4.46. The Kier molecular flexibility index (Phi) is 4.84. The number of carbonyl (C=O) groups excluding carboxylic acids is 6. The van der Waals surface area contributed by atoms with Crippen LogP contribution in [-0.4, -0.2) is 45.7 Å². The van der Waals surface area contributed by atoms with Crippen molar-refractivity contribution in [3.63, 3.8) is 0 Å². The summed E-state index contributed by atoms with van der Waals surface area (Å²) in [6.45, 7) is 0. The lowest BCUT2D eigenvalue weighted by Crippen LogP contribution is -2.33. The van der Waals surface area contributed by atoms with Gasteiger partial charge in [-0.2, -0.15) is 0 Å². The monoisotopic (exact) mass is 324 g/mol. The van der Waals surface area contributed by atoms with E-state index in [1.54, 1.807) is 0 Å². The van der Waals surface area contributed by atoms with E-state index in [-0.39, 0.29) is 32.1 Å². The van der Waals surface area contributed by atoms with Crippen molar-refractivity contribution in [2.24, 2.45) is 0 Å². The van der Waals surface area contributed by atoms with Crippen LogP contribution < -0.4 is 0 Å². The van der Waals surface area contributed by atoms with E-state index < -0.39 is 35.6 Å². The van der Waals surface area contributed by atoms with Crippen molar-refractivity contribution in [3.8, 4) is 0 Å². The molecule has 0 bridgehead atoms. The summed E-state index contributed by atoms with van der Waals surface area (Å²) < 4.78 is 0. The van der Waals surface area contributed by atoms with Gasteiger partial charge in [-0.25, -0.2) is 9.59 Å². The van der Waals surface area contributed by atoms with Crippen LogP contribution in [0.4, 0.5) is 0 Å². The summed E-state index contributed by atoms with van der Waals surface area (Å²) in [6.07, 6.45) is 1.39. The first-order chi connectivity index (χ1) is 10.9. The van der Waals surface area contributed by atoms with Crippen LogP contribution in [0.1, 0.15) is 32.1 Å². The molecule has 0 aromatic carbocycles. The fourth-order valence-electron chi connectivity index (χ4n) is 1.81. The first-order valence-corrected chi connectivity index (χ1v) is 6.72. The molecule has 0 aromatic rings. The van der Waals surface area contributed by atoms with Crippen LogP contribution in [0.15, 0.2) is 12.2 Å². The first-order valence-electron chi connectivity index (χ1n) is 6.72.